The van der Waals surface area contributed by atoms with Gasteiger partial charge in [0.2, 0.25) is 0 Å². The molecule has 8 rings (SSSR count). The lowest BCUT2D eigenvalue weighted by molar-refractivity contribution is -0.137. The first-order valence-electron chi connectivity index (χ1n) is 18.1. The molecule has 0 aliphatic heterocycles. The lowest BCUT2D eigenvalue weighted by Gasteiger charge is -2.35. The van der Waals surface area contributed by atoms with Gasteiger partial charge in [-0.1, -0.05) is 23.2 Å². The van der Waals surface area contributed by atoms with E-state index in [0.29, 0.717) is 38.2 Å². The highest BCUT2D eigenvalue weighted by Crippen LogP contribution is 2.39. The van der Waals surface area contributed by atoms with E-state index in [2.05, 4.69) is 30.6 Å². The van der Waals surface area contributed by atoms with Crippen LogP contribution in [0, 0.1) is 17.5 Å². The van der Waals surface area contributed by atoms with E-state index in [1.807, 2.05) is 0 Å². The molecule has 0 saturated heterocycles. The summed E-state index contributed by atoms with van der Waals surface area (Å²) in [5, 5.41) is 4.40. The quantitative estimate of drug-likeness (QED) is 0.114. The molecule has 63 heavy (non-hydrogen) atoms. The van der Waals surface area contributed by atoms with Crippen molar-refractivity contribution in [1.29, 1.82) is 0 Å². The Kier molecular flexibility index (Phi) is 11.6. The van der Waals surface area contributed by atoms with E-state index in [1.165, 1.54) is 67.3 Å². The number of carbonyl (C=O) groups is 2. The molecule has 0 unspecified atom stereocenters. The monoisotopic (exact) mass is 900 g/mol. The number of urea groups is 2. The molecule has 4 amide bonds. The fraction of sp³-hybridized carbons (Fsp3) is 0.0233. The van der Waals surface area contributed by atoms with Crippen LogP contribution in [0.15, 0.2) is 134 Å². The van der Waals surface area contributed by atoms with Gasteiger partial charge in [-0.05, 0) is 78.9 Å². The van der Waals surface area contributed by atoms with Crippen LogP contribution in [0.4, 0.5) is 58.7 Å². The molecule has 2 heterocycles. The van der Waals surface area contributed by atoms with Crippen molar-refractivity contribution >= 4 is 80.1 Å². The van der Waals surface area contributed by atoms with Gasteiger partial charge in [-0.2, -0.15) is 23.2 Å². The van der Waals surface area contributed by atoms with Gasteiger partial charge in [0.05, 0.1) is 49.1 Å². The highest BCUT2D eigenvalue weighted by atomic mass is 35.5. The van der Waals surface area contributed by atoms with E-state index < -0.39 is 62.7 Å². The summed E-state index contributed by atoms with van der Waals surface area (Å²) in [6.45, 7) is 0. The maximum Gasteiger partial charge on any atom is 0.417 e. The van der Waals surface area contributed by atoms with E-state index >= 15 is 13.2 Å². The predicted octanol–water partition coefficient (Wildman–Crippen LogP) is 12.6. The SMILES string of the molecule is O=C(Nc1ccc(Oc2ccc3nccnc3c2)c(F)c1)N(c1ccc(Cl)c(F)c1)N(C(=O)Nc1ccc(Oc2ccc3nccnc3c2)c(F)c1)c1ccc(Cl)c(C(F)(F)F)c1. The van der Waals surface area contributed by atoms with Crippen LogP contribution >= 0.6 is 23.2 Å². The average molecular weight is 902 g/mol. The zero-order chi connectivity index (χ0) is 44.4. The molecule has 0 aliphatic carbocycles. The second-order valence-corrected chi connectivity index (χ2v) is 14.0. The fourth-order valence-corrected chi connectivity index (χ4v) is 6.41. The van der Waals surface area contributed by atoms with Crippen molar-refractivity contribution in [2.24, 2.45) is 0 Å². The molecule has 2 N–H and O–H groups in total. The molecule has 20 heteroatoms. The summed E-state index contributed by atoms with van der Waals surface area (Å²) in [7, 11) is 0. The summed E-state index contributed by atoms with van der Waals surface area (Å²) < 4.78 is 100. The van der Waals surface area contributed by atoms with Gasteiger partial charge in [0.1, 0.15) is 17.3 Å². The number of hydrogen-bond donors (Lipinski definition) is 2. The second kappa shape index (κ2) is 17.3. The first kappa shape index (κ1) is 42.0. The normalized spacial score (nSPS) is 11.3. The summed E-state index contributed by atoms with van der Waals surface area (Å²) in [6.07, 6.45) is 0.872. The van der Waals surface area contributed by atoms with Crippen molar-refractivity contribution in [3.63, 3.8) is 0 Å². The van der Waals surface area contributed by atoms with Crippen molar-refractivity contribution in [1.82, 2.24) is 19.9 Å². The van der Waals surface area contributed by atoms with Crippen molar-refractivity contribution in [3.05, 3.63) is 167 Å². The molecular weight excluding hydrogens is 877 g/mol. The Hall–Kier alpha value is -7.70. The number of alkyl halides is 3. The van der Waals surface area contributed by atoms with Crippen LogP contribution in [0.3, 0.4) is 0 Å². The van der Waals surface area contributed by atoms with Gasteiger partial charge >= 0.3 is 18.2 Å². The van der Waals surface area contributed by atoms with Crippen molar-refractivity contribution in [2.75, 3.05) is 20.7 Å². The zero-order valence-corrected chi connectivity index (χ0v) is 33.1. The number of aromatic nitrogens is 4. The summed E-state index contributed by atoms with van der Waals surface area (Å²) in [4.78, 5) is 45.4. The van der Waals surface area contributed by atoms with Gasteiger partial charge < -0.3 is 20.1 Å². The van der Waals surface area contributed by atoms with Crippen LogP contribution in [0.25, 0.3) is 22.1 Å². The molecule has 0 bridgehead atoms. The lowest BCUT2D eigenvalue weighted by Crippen LogP contribution is -2.54. The summed E-state index contributed by atoms with van der Waals surface area (Å²) >= 11 is 11.8. The van der Waals surface area contributed by atoms with Gasteiger partial charge in [-0.15, -0.1) is 0 Å². The lowest BCUT2D eigenvalue weighted by atomic mass is 10.2. The van der Waals surface area contributed by atoms with Crippen LogP contribution in [0.1, 0.15) is 5.56 Å². The number of anilines is 4. The number of nitrogens with one attached hydrogen (secondary N) is 2. The molecule has 316 valence electrons. The summed E-state index contributed by atoms with van der Waals surface area (Å²) in [5.74, 6) is -3.20. The first-order chi connectivity index (χ1) is 30.2. The van der Waals surface area contributed by atoms with Crippen molar-refractivity contribution in [2.45, 2.75) is 6.18 Å². The Bertz CT molecular complexity index is 3070. The van der Waals surface area contributed by atoms with Crippen LogP contribution in [-0.2, 0) is 6.18 Å². The highest BCUT2D eigenvalue weighted by Gasteiger charge is 2.37. The third-order valence-corrected chi connectivity index (χ3v) is 9.57. The molecule has 6 aromatic carbocycles. The number of amides is 4. The largest absolute Gasteiger partial charge is 0.454 e. The van der Waals surface area contributed by atoms with Crippen LogP contribution in [0.2, 0.25) is 10.0 Å². The molecule has 12 nitrogen and oxygen atoms in total. The first-order valence-corrected chi connectivity index (χ1v) is 18.9. The molecule has 2 aromatic heterocycles. The Balaban J connectivity index is 1.13. The van der Waals surface area contributed by atoms with Gasteiger partial charge in [-0.3, -0.25) is 19.9 Å². The number of hydrogen-bond acceptors (Lipinski definition) is 8. The van der Waals surface area contributed by atoms with E-state index in [1.54, 1.807) is 12.1 Å². The number of nitrogens with zero attached hydrogens (tertiary/aromatic N) is 6. The van der Waals surface area contributed by atoms with Crippen molar-refractivity contribution in [3.8, 4) is 23.0 Å². The van der Waals surface area contributed by atoms with E-state index in [-0.39, 0.29) is 34.4 Å². The number of fused-ring (bicyclic) bond motifs is 2. The van der Waals surface area contributed by atoms with Crippen LogP contribution in [-0.4, -0.2) is 32.0 Å². The van der Waals surface area contributed by atoms with Gasteiger partial charge in [0.25, 0.3) is 0 Å². The van der Waals surface area contributed by atoms with Crippen LogP contribution in [0.5, 0.6) is 23.0 Å². The highest BCUT2D eigenvalue weighted by molar-refractivity contribution is 6.31. The number of carbonyl (C=O) groups excluding carboxylic acids is 2. The van der Waals surface area contributed by atoms with Gasteiger partial charge in [0, 0.05) is 66.5 Å². The molecule has 0 radical (unpaired) electrons. The topological polar surface area (TPSA) is 135 Å². The average Bonchev–Trinajstić information content (AvgIpc) is 3.25. The van der Waals surface area contributed by atoms with Crippen LogP contribution < -0.4 is 30.1 Å². The molecule has 0 aliphatic rings. The van der Waals surface area contributed by atoms with Crippen molar-refractivity contribution < 1.29 is 45.4 Å². The molecule has 8 aromatic rings. The third-order valence-electron chi connectivity index (χ3n) is 8.94. The Morgan fingerprint density at radius 2 is 0.952 bits per heavy atom. The number of hydrazine groups is 1. The Morgan fingerprint density at radius 3 is 1.40 bits per heavy atom. The van der Waals surface area contributed by atoms with E-state index in [4.69, 9.17) is 32.7 Å². The molecule has 0 fully saturated rings. The third kappa shape index (κ3) is 9.31. The minimum absolute atomic E-state index is 0.201. The van der Waals surface area contributed by atoms with E-state index in [0.717, 1.165) is 48.5 Å². The molecule has 0 atom stereocenters. The predicted molar refractivity (Wildman–Crippen MR) is 223 cm³/mol. The Morgan fingerprint density at radius 1 is 0.508 bits per heavy atom. The molecule has 0 saturated carbocycles. The maximum atomic E-state index is 15.5. The minimum Gasteiger partial charge on any atom is -0.454 e. The van der Waals surface area contributed by atoms with E-state index in [9.17, 15) is 22.8 Å². The maximum absolute atomic E-state index is 15.5. The molecule has 0 spiro atoms. The van der Waals surface area contributed by atoms with Gasteiger partial charge in [0.15, 0.2) is 23.1 Å². The number of ether oxygens (including phenoxy) is 2. The summed E-state index contributed by atoms with van der Waals surface area (Å²) in [5.41, 5.74) is -0.942. The Labute approximate surface area is 361 Å². The standard InChI is InChI=1S/C43H24Cl2F6N8O4/c44-30-7-3-25(19-29(30)43(49,50)51)58(41(60)56-23-1-11-39(33(47)17-23)62-27-5-9-35-37(21-27)54-15-13-52-35)59(26-4-8-31(45)32(46)20-26)42(61)57-24-2-12-40(34(48)18-24)63-28-6-10-36-38(22-28)55-16-14-53-36/h1-22H,(H,56,60)(H,57,61). The number of halogens is 8. The summed E-state index contributed by atoms with van der Waals surface area (Å²) in [6, 6.07) is 18.2. The number of benzene rings is 6. The molecular formula is C43H24Cl2F6N8O4. The fourth-order valence-electron chi connectivity index (χ4n) is 6.07. The van der Waals surface area contributed by atoms with Gasteiger partial charge in [-0.25, -0.2) is 22.8 Å². The number of rotatable bonds is 8. The smallest absolute Gasteiger partial charge is 0.417 e. The minimum atomic E-state index is -5.06. The zero-order valence-electron chi connectivity index (χ0n) is 31.5. The second-order valence-electron chi connectivity index (χ2n) is 13.2.